The summed E-state index contributed by atoms with van der Waals surface area (Å²) in [4.78, 5) is 13.3. The molecule has 1 aliphatic rings. The lowest BCUT2D eigenvalue weighted by Crippen LogP contribution is -2.19. The first kappa shape index (κ1) is 21.4. The van der Waals surface area contributed by atoms with Crippen molar-refractivity contribution in [3.63, 3.8) is 0 Å². The van der Waals surface area contributed by atoms with Crippen molar-refractivity contribution in [2.45, 2.75) is 55.4 Å². The molecule has 2 aromatic carbocycles. The highest BCUT2D eigenvalue weighted by molar-refractivity contribution is 8.00. The predicted octanol–water partition coefficient (Wildman–Crippen LogP) is 5.99. The monoisotopic (exact) mass is 437 g/mol. The van der Waals surface area contributed by atoms with Gasteiger partial charge in [-0.15, -0.1) is 10.2 Å². The predicted molar refractivity (Wildman–Crippen MR) is 121 cm³/mol. The van der Waals surface area contributed by atoms with Crippen LogP contribution in [-0.2, 0) is 4.79 Å². The summed E-state index contributed by atoms with van der Waals surface area (Å²) >= 11 is 1.28. The number of carbonyl (C=O) groups is 1. The summed E-state index contributed by atoms with van der Waals surface area (Å²) in [6.07, 6.45) is 5.84. The van der Waals surface area contributed by atoms with Gasteiger partial charge in [-0.3, -0.25) is 4.79 Å². The maximum absolute atomic E-state index is 13.3. The number of anilines is 1. The summed E-state index contributed by atoms with van der Waals surface area (Å²) < 4.78 is 11.6. The summed E-state index contributed by atoms with van der Waals surface area (Å²) in [5.41, 5.74) is 1.51. The summed E-state index contributed by atoms with van der Waals surface area (Å²) in [6, 6.07) is 17.1. The molecule has 1 N–H and O–H groups in total. The van der Waals surface area contributed by atoms with Crippen LogP contribution in [0.4, 0.5) is 5.69 Å². The molecule has 1 heterocycles. The average molecular weight is 438 g/mol. The Hall–Kier alpha value is -2.80. The van der Waals surface area contributed by atoms with E-state index in [1.807, 2.05) is 61.5 Å². The Bertz CT molecular complexity index is 986. The van der Waals surface area contributed by atoms with E-state index in [-0.39, 0.29) is 5.91 Å². The van der Waals surface area contributed by atoms with Crippen LogP contribution in [0.15, 0.2) is 64.2 Å². The number of benzene rings is 2. The van der Waals surface area contributed by atoms with Crippen molar-refractivity contribution in [1.29, 1.82) is 0 Å². The minimum atomic E-state index is -0.532. The summed E-state index contributed by atoms with van der Waals surface area (Å²) in [7, 11) is 0. The van der Waals surface area contributed by atoms with Crippen LogP contribution in [-0.4, -0.2) is 22.7 Å². The van der Waals surface area contributed by atoms with Crippen LogP contribution in [0.1, 0.15) is 61.6 Å². The number of nitrogens with zero attached hydrogens (tertiary/aromatic N) is 2. The van der Waals surface area contributed by atoms with Gasteiger partial charge in [-0.1, -0.05) is 61.7 Å². The molecule has 31 heavy (non-hydrogen) atoms. The molecule has 1 saturated carbocycles. The van der Waals surface area contributed by atoms with Gasteiger partial charge in [0.25, 0.3) is 5.22 Å². The molecule has 7 heteroatoms. The van der Waals surface area contributed by atoms with Gasteiger partial charge in [-0.2, -0.15) is 0 Å². The number of aromatic nitrogens is 2. The molecule has 0 spiro atoms. The molecule has 1 unspecified atom stereocenters. The molecule has 1 aliphatic carbocycles. The zero-order valence-electron chi connectivity index (χ0n) is 17.6. The number of thioether (sulfide) groups is 1. The van der Waals surface area contributed by atoms with Gasteiger partial charge in [0.05, 0.1) is 12.3 Å². The molecule has 1 fully saturated rings. The Morgan fingerprint density at radius 2 is 1.84 bits per heavy atom. The molecular weight excluding hydrogens is 410 g/mol. The van der Waals surface area contributed by atoms with Gasteiger partial charge in [-0.05, 0) is 49.2 Å². The van der Waals surface area contributed by atoms with E-state index in [1.54, 1.807) is 0 Å². The maximum Gasteiger partial charge on any atom is 0.277 e. The molecule has 0 radical (unpaired) electrons. The van der Waals surface area contributed by atoms with Crippen LogP contribution < -0.4 is 10.1 Å². The number of hydrogen-bond acceptors (Lipinski definition) is 6. The first-order valence-corrected chi connectivity index (χ1v) is 11.7. The molecule has 4 rings (SSSR count). The van der Waals surface area contributed by atoms with Gasteiger partial charge in [0.15, 0.2) is 0 Å². The second-order valence-corrected chi connectivity index (χ2v) is 8.62. The molecule has 6 nitrogen and oxygen atoms in total. The van der Waals surface area contributed by atoms with E-state index in [1.165, 1.54) is 31.0 Å². The average Bonchev–Trinajstić information content (AvgIpc) is 3.29. The van der Waals surface area contributed by atoms with Gasteiger partial charge >= 0.3 is 0 Å². The zero-order chi connectivity index (χ0) is 21.5. The summed E-state index contributed by atoms with van der Waals surface area (Å²) in [5.74, 6) is 1.50. The standard InChI is InChI=1S/C24H27N3O3S/c1-2-29-20-16-10-9-15-19(20)25-22(28)21(17-11-5-3-6-12-17)31-24-27-26-23(30-24)18-13-7-4-8-14-18/h3,5-6,9-12,15-16,18,21H,2,4,7-8,13-14H2,1H3,(H,25,28). The Morgan fingerprint density at radius 1 is 1.10 bits per heavy atom. The van der Waals surface area contributed by atoms with Crippen LogP contribution in [0.3, 0.4) is 0 Å². The molecule has 1 aromatic heterocycles. The van der Waals surface area contributed by atoms with E-state index in [4.69, 9.17) is 9.15 Å². The van der Waals surface area contributed by atoms with Crippen molar-refractivity contribution >= 4 is 23.4 Å². The minimum Gasteiger partial charge on any atom is -0.492 e. The highest BCUT2D eigenvalue weighted by Crippen LogP contribution is 2.38. The number of nitrogens with one attached hydrogen (secondary N) is 1. The number of ether oxygens (including phenoxy) is 1. The van der Waals surface area contributed by atoms with E-state index in [0.717, 1.165) is 18.4 Å². The van der Waals surface area contributed by atoms with Crippen LogP contribution in [0.5, 0.6) is 5.75 Å². The first-order chi connectivity index (χ1) is 15.2. The van der Waals surface area contributed by atoms with Crippen LogP contribution in [0, 0.1) is 0 Å². The van der Waals surface area contributed by atoms with Gasteiger partial charge in [-0.25, -0.2) is 0 Å². The van der Waals surface area contributed by atoms with Crippen molar-refractivity contribution in [2.24, 2.45) is 0 Å². The minimum absolute atomic E-state index is 0.166. The number of hydrogen-bond donors (Lipinski definition) is 1. The van der Waals surface area contributed by atoms with Crippen molar-refractivity contribution in [3.8, 4) is 5.75 Å². The Balaban J connectivity index is 1.54. The van der Waals surface area contributed by atoms with Gasteiger partial charge in [0.2, 0.25) is 11.8 Å². The van der Waals surface area contributed by atoms with Crippen molar-refractivity contribution in [2.75, 3.05) is 11.9 Å². The van der Waals surface area contributed by atoms with E-state index < -0.39 is 5.25 Å². The van der Waals surface area contributed by atoms with Crippen molar-refractivity contribution < 1.29 is 13.9 Å². The van der Waals surface area contributed by atoms with Gasteiger partial charge < -0.3 is 14.5 Å². The highest BCUT2D eigenvalue weighted by atomic mass is 32.2. The quantitative estimate of drug-likeness (QED) is 0.436. The molecule has 3 aromatic rings. The number of rotatable bonds is 8. The Labute approximate surface area is 186 Å². The zero-order valence-corrected chi connectivity index (χ0v) is 18.4. The van der Waals surface area contributed by atoms with E-state index in [0.29, 0.717) is 35.1 Å². The van der Waals surface area contributed by atoms with Crippen molar-refractivity contribution in [3.05, 3.63) is 66.1 Å². The highest BCUT2D eigenvalue weighted by Gasteiger charge is 2.27. The summed E-state index contributed by atoms with van der Waals surface area (Å²) in [6.45, 7) is 2.44. The topological polar surface area (TPSA) is 77.2 Å². The Kier molecular flexibility index (Phi) is 7.25. The lowest BCUT2D eigenvalue weighted by molar-refractivity contribution is -0.115. The van der Waals surface area contributed by atoms with E-state index >= 15 is 0 Å². The normalized spacial score (nSPS) is 15.4. The van der Waals surface area contributed by atoms with Gasteiger partial charge in [0, 0.05) is 5.92 Å². The largest absolute Gasteiger partial charge is 0.492 e. The summed E-state index contributed by atoms with van der Waals surface area (Å²) in [5, 5.41) is 11.4. The third-order valence-electron chi connectivity index (χ3n) is 5.38. The second kappa shape index (κ2) is 10.5. The smallest absolute Gasteiger partial charge is 0.277 e. The fourth-order valence-corrected chi connectivity index (χ4v) is 4.72. The number of para-hydroxylation sites is 2. The third kappa shape index (κ3) is 5.47. The molecule has 1 atom stereocenters. The fourth-order valence-electron chi connectivity index (χ4n) is 3.83. The molecule has 0 bridgehead atoms. The van der Waals surface area contributed by atoms with Crippen LogP contribution >= 0.6 is 11.8 Å². The van der Waals surface area contributed by atoms with Crippen LogP contribution in [0.2, 0.25) is 0 Å². The third-order valence-corrected chi connectivity index (χ3v) is 6.47. The Morgan fingerprint density at radius 3 is 2.61 bits per heavy atom. The van der Waals surface area contributed by atoms with E-state index in [9.17, 15) is 4.79 Å². The number of carbonyl (C=O) groups excluding carboxylic acids is 1. The maximum atomic E-state index is 13.3. The second-order valence-electron chi connectivity index (χ2n) is 7.57. The van der Waals surface area contributed by atoms with Crippen molar-refractivity contribution in [1.82, 2.24) is 10.2 Å². The number of amides is 1. The molecular formula is C24H27N3O3S. The molecule has 162 valence electrons. The fraction of sp³-hybridized carbons (Fsp3) is 0.375. The van der Waals surface area contributed by atoms with E-state index in [2.05, 4.69) is 15.5 Å². The first-order valence-electron chi connectivity index (χ1n) is 10.8. The lowest BCUT2D eigenvalue weighted by atomic mass is 9.89. The van der Waals surface area contributed by atoms with Crippen LogP contribution in [0.25, 0.3) is 0 Å². The molecule has 0 aliphatic heterocycles. The SMILES string of the molecule is CCOc1ccccc1NC(=O)C(Sc1nnc(C2CCCCC2)o1)c1ccccc1. The lowest BCUT2D eigenvalue weighted by Gasteiger charge is -2.18. The molecule has 1 amide bonds. The van der Waals surface area contributed by atoms with Gasteiger partial charge in [0.1, 0.15) is 11.0 Å². The molecule has 0 saturated heterocycles.